The van der Waals surface area contributed by atoms with Crippen LogP contribution in [0.15, 0.2) is 27.8 Å². The molecule has 0 atom stereocenters. The zero-order chi connectivity index (χ0) is 16.1. The van der Waals surface area contributed by atoms with E-state index in [9.17, 15) is 0 Å². The molecule has 2 aromatic heterocycles. The molecule has 124 valence electrons. The van der Waals surface area contributed by atoms with Crippen LogP contribution in [0.2, 0.25) is 0 Å². The molecule has 5 nitrogen and oxygen atoms in total. The van der Waals surface area contributed by atoms with E-state index in [-0.39, 0.29) is 0 Å². The van der Waals surface area contributed by atoms with Crippen LogP contribution in [0.4, 0.5) is 0 Å². The highest BCUT2D eigenvalue weighted by molar-refractivity contribution is 7.11. The predicted molar refractivity (Wildman–Crippen MR) is 94.0 cm³/mol. The maximum absolute atomic E-state index is 5.35. The Balaban J connectivity index is 1.52. The van der Waals surface area contributed by atoms with E-state index in [0.29, 0.717) is 0 Å². The van der Waals surface area contributed by atoms with Gasteiger partial charge in [-0.3, -0.25) is 4.99 Å². The Labute approximate surface area is 141 Å². The van der Waals surface area contributed by atoms with Crippen LogP contribution in [0.5, 0.6) is 0 Å². The molecule has 6 heteroatoms. The highest BCUT2D eigenvalue weighted by Crippen LogP contribution is 2.27. The molecular formula is C17H24N4OS. The quantitative estimate of drug-likeness (QED) is 0.676. The maximum Gasteiger partial charge on any atom is 0.193 e. The van der Waals surface area contributed by atoms with Crippen molar-refractivity contribution in [3.8, 4) is 0 Å². The molecule has 1 aliphatic rings. The molecule has 2 heterocycles. The summed E-state index contributed by atoms with van der Waals surface area (Å²) in [5.41, 5.74) is 1.32. The van der Waals surface area contributed by atoms with Crippen LogP contribution in [0.1, 0.15) is 34.2 Å². The summed E-state index contributed by atoms with van der Waals surface area (Å²) in [5, 5.41) is 4.57. The zero-order valence-corrected chi connectivity index (χ0v) is 14.7. The summed E-state index contributed by atoms with van der Waals surface area (Å²) >= 11 is 1.86. The van der Waals surface area contributed by atoms with E-state index in [4.69, 9.17) is 9.40 Å². The van der Waals surface area contributed by atoms with Crippen molar-refractivity contribution in [1.29, 1.82) is 0 Å². The second kappa shape index (κ2) is 7.64. The molecule has 0 unspecified atom stereocenters. The molecule has 0 saturated carbocycles. The lowest BCUT2D eigenvalue weighted by atomic mass is 10.0. The molecule has 23 heavy (non-hydrogen) atoms. The summed E-state index contributed by atoms with van der Waals surface area (Å²) < 4.78 is 5.35. The molecule has 0 aliphatic heterocycles. The van der Waals surface area contributed by atoms with Crippen LogP contribution < -0.4 is 5.32 Å². The predicted octanol–water partition coefficient (Wildman–Crippen LogP) is 2.86. The SMILES string of the molecule is CN=C(NCCc1ccco1)N(C)Cc1nc2c(s1)CCCC2. The van der Waals surface area contributed by atoms with Crippen LogP contribution in [0.25, 0.3) is 0 Å². The lowest BCUT2D eigenvalue weighted by Crippen LogP contribution is -2.39. The Morgan fingerprint density at radius 3 is 3.04 bits per heavy atom. The van der Waals surface area contributed by atoms with Crippen molar-refractivity contribution < 1.29 is 4.42 Å². The number of nitrogens with one attached hydrogen (secondary N) is 1. The van der Waals surface area contributed by atoms with Gasteiger partial charge in [-0.25, -0.2) is 4.98 Å². The fourth-order valence-corrected chi connectivity index (χ4v) is 4.10. The summed E-state index contributed by atoms with van der Waals surface area (Å²) in [6.07, 6.45) is 7.49. The van der Waals surface area contributed by atoms with Crippen LogP contribution in [-0.2, 0) is 25.8 Å². The average molecular weight is 332 g/mol. The smallest absolute Gasteiger partial charge is 0.193 e. The van der Waals surface area contributed by atoms with Gasteiger partial charge in [-0.05, 0) is 37.8 Å². The van der Waals surface area contributed by atoms with Gasteiger partial charge in [0.05, 0.1) is 18.5 Å². The molecule has 0 aromatic carbocycles. The van der Waals surface area contributed by atoms with E-state index in [1.807, 2.05) is 30.5 Å². The second-order valence-corrected chi connectivity index (χ2v) is 7.01. The first-order valence-electron chi connectivity index (χ1n) is 8.18. The molecule has 0 bridgehead atoms. The van der Waals surface area contributed by atoms with Gasteiger partial charge in [-0.15, -0.1) is 11.3 Å². The topological polar surface area (TPSA) is 53.7 Å². The third-order valence-corrected chi connectivity index (χ3v) is 5.21. The molecule has 0 fully saturated rings. The van der Waals surface area contributed by atoms with E-state index >= 15 is 0 Å². The highest BCUT2D eigenvalue weighted by Gasteiger charge is 2.16. The van der Waals surface area contributed by atoms with E-state index in [0.717, 1.165) is 37.7 Å². The number of aryl methyl sites for hydroxylation is 2. The standard InChI is InChI=1S/C17H24N4OS/c1-18-17(19-10-9-13-6-5-11-22-13)21(2)12-16-20-14-7-3-4-8-15(14)23-16/h5-6,11H,3-4,7-10,12H2,1-2H3,(H,18,19). The van der Waals surface area contributed by atoms with Gasteiger partial charge in [0.25, 0.3) is 0 Å². The number of thiazole rings is 1. The number of aromatic nitrogens is 1. The van der Waals surface area contributed by atoms with Crippen molar-refractivity contribution in [1.82, 2.24) is 15.2 Å². The number of nitrogens with zero attached hydrogens (tertiary/aromatic N) is 3. The van der Waals surface area contributed by atoms with Crippen LogP contribution >= 0.6 is 11.3 Å². The van der Waals surface area contributed by atoms with Crippen LogP contribution in [-0.4, -0.2) is 36.5 Å². The summed E-state index contributed by atoms with van der Waals surface area (Å²) in [5.74, 6) is 1.88. The number of rotatable bonds is 5. The Kier molecular flexibility index (Phi) is 5.33. The van der Waals surface area contributed by atoms with E-state index < -0.39 is 0 Å². The molecule has 0 saturated heterocycles. The van der Waals surface area contributed by atoms with Gasteiger partial charge in [-0.2, -0.15) is 0 Å². The van der Waals surface area contributed by atoms with Gasteiger partial charge >= 0.3 is 0 Å². The minimum absolute atomic E-state index is 0.804. The second-order valence-electron chi connectivity index (χ2n) is 5.84. The number of hydrogen-bond acceptors (Lipinski definition) is 4. The molecule has 0 spiro atoms. The van der Waals surface area contributed by atoms with Crippen molar-refractivity contribution in [2.24, 2.45) is 4.99 Å². The van der Waals surface area contributed by atoms with E-state index in [1.54, 1.807) is 6.26 Å². The summed E-state index contributed by atoms with van der Waals surface area (Å²) in [6.45, 7) is 1.61. The first-order valence-corrected chi connectivity index (χ1v) is 8.99. The number of guanidine groups is 1. The van der Waals surface area contributed by atoms with Gasteiger partial charge in [0.1, 0.15) is 10.8 Å². The van der Waals surface area contributed by atoms with Crippen molar-refractivity contribution >= 4 is 17.3 Å². The highest BCUT2D eigenvalue weighted by atomic mass is 32.1. The molecular weight excluding hydrogens is 308 g/mol. The molecule has 0 amide bonds. The Morgan fingerprint density at radius 2 is 2.30 bits per heavy atom. The minimum Gasteiger partial charge on any atom is -0.469 e. The molecule has 2 aromatic rings. The Morgan fingerprint density at radius 1 is 1.43 bits per heavy atom. The lowest BCUT2D eigenvalue weighted by molar-refractivity contribution is 0.468. The van der Waals surface area contributed by atoms with E-state index in [2.05, 4.69) is 22.3 Å². The first kappa shape index (κ1) is 16.1. The third kappa shape index (κ3) is 4.13. The van der Waals surface area contributed by atoms with E-state index in [1.165, 1.54) is 34.8 Å². The van der Waals surface area contributed by atoms with Crippen molar-refractivity contribution in [2.45, 2.75) is 38.6 Å². The summed E-state index contributed by atoms with van der Waals surface area (Å²) in [4.78, 5) is 12.8. The number of hydrogen-bond donors (Lipinski definition) is 1. The van der Waals surface area contributed by atoms with Crippen LogP contribution in [0, 0.1) is 0 Å². The Bertz CT molecular complexity index is 624. The zero-order valence-electron chi connectivity index (χ0n) is 13.8. The van der Waals surface area contributed by atoms with Gasteiger partial charge in [-0.1, -0.05) is 0 Å². The number of fused-ring (bicyclic) bond motifs is 1. The third-order valence-electron chi connectivity index (χ3n) is 4.07. The monoisotopic (exact) mass is 332 g/mol. The fraction of sp³-hybridized carbons (Fsp3) is 0.529. The van der Waals surface area contributed by atoms with Gasteiger partial charge in [0.2, 0.25) is 0 Å². The normalized spacial score (nSPS) is 14.6. The minimum atomic E-state index is 0.804. The molecule has 0 radical (unpaired) electrons. The molecule has 3 rings (SSSR count). The maximum atomic E-state index is 5.35. The van der Waals surface area contributed by atoms with Crippen molar-refractivity contribution in [2.75, 3.05) is 20.6 Å². The summed E-state index contributed by atoms with van der Waals surface area (Å²) in [6, 6.07) is 3.91. The van der Waals surface area contributed by atoms with Gasteiger partial charge in [0, 0.05) is 31.9 Å². The molecule has 1 N–H and O–H groups in total. The van der Waals surface area contributed by atoms with Gasteiger partial charge < -0.3 is 14.6 Å². The Hall–Kier alpha value is -1.82. The average Bonchev–Trinajstić information content (AvgIpc) is 3.20. The van der Waals surface area contributed by atoms with Gasteiger partial charge in [0.15, 0.2) is 5.96 Å². The largest absolute Gasteiger partial charge is 0.469 e. The van der Waals surface area contributed by atoms with Crippen LogP contribution in [0.3, 0.4) is 0 Å². The first-order chi connectivity index (χ1) is 11.3. The van der Waals surface area contributed by atoms with Crippen molar-refractivity contribution in [3.05, 3.63) is 39.7 Å². The van der Waals surface area contributed by atoms with Crippen molar-refractivity contribution in [3.63, 3.8) is 0 Å². The fourth-order valence-electron chi connectivity index (χ4n) is 2.89. The lowest BCUT2D eigenvalue weighted by Gasteiger charge is -2.20. The number of furan rings is 1. The number of aliphatic imine (C=N–C) groups is 1. The molecule has 1 aliphatic carbocycles. The summed E-state index contributed by atoms with van der Waals surface area (Å²) in [7, 11) is 3.88.